The minimum absolute atomic E-state index is 0.331. The molecule has 1 heterocycles. The van der Waals surface area contributed by atoms with Crippen molar-refractivity contribution >= 4 is 0 Å². The van der Waals surface area contributed by atoms with Crippen LogP contribution in [0, 0.1) is 12.8 Å². The molecule has 1 aromatic carbocycles. The van der Waals surface area contributed by atoms with Crippen molar-refractivity contribution in [3.63, 3.8) is 0 Å². The number of hydrogen-bond acceptors (Lipinski definition) is 4. The van der Waals surface area contributed by atoms with Crippen LogP contribution in [0.25, 0.3) is 0 Å². The number of aryl methyl sites for hydroxylation is 1. The number of hydrogen-bond donors (Lipinski definition) is 1. The predicted octanol–water partition coefficient (Wildman–Crippen LogP) is 3.00. The smallest absolute Gasteiger partial charge is 0.127 e. The average Bonchev–Trinajstić information content (AvgIpc) is 2.56. The van der Waals surface area contributed by atoms with Crippen LogP contribution in [-0.2, 0) is 0 Å². The second-order valence-electron chi connectivity index (χ2n) is 6.20. The highest BCUT2D eigenvalue weighted by Gasteiger charge is 2.31. The van der Waals surface area contributed by atoms with E-state index in [1.54, 1.807) is 14.2 Å². The maximum Gasteiger partial charge on any atom is 0.127 e. The zero-order chi connectivity index (χ0) is 16.1. The van der Waals surface area contributed by atoms with Crippen LogP contribution < -0.4 is 14.8 Å². The lowest BCUT2D eigenvalue weighted by molar-refractivity contribution is 0.123. The first-order chi connectivity index (χ1) is 10.6. The summed E-state index contributed by atoms with van der Waals surface area (Å²) in [6.45, 7) is 10.9. The van der Waals surface area contributed by atoms with Gasteiger partial charge in [-0.05, 0) is 30.5 Å². The fourth-order valence-corrected chi connectivity index (χ4v) is 3.37. The van der Waals surface area contributed by atoms with E-state index in [9.17, 15) is 0 Å². The van der Waals surface area contributed by atoms with Crippen molar-refractivity contribution in [2.75, 3.05) is 40.4 Å². The summed E-state index contributed by atoms with van der Waals surface area (Å²) in [7, 11) is 3.51. The Kier molecular flexibility index (Phi) is 6.09. The normalized spacial score (nSPS) is 18.8. The van der Waals surface area contributed by atoms with E-state index in [0.29, 0.717) is 12.0 Å². The molecule has 22 heavy (non-hydrogen) atoms. The third kappa shape index (κ3) is 3.55. The number of piperazine rings is 1. The molecular weight excluding hydrogens is 276 g/mol. The van der Waals surface area contributed by atoms with Crippen molar-refractivity contribution in [3.05, 3.63) is 23.3 Å². The van der Waals surface area contributed by atoms with Gasteiger partial charge in [-0.15, -0.1) is 0 Å². The monoisotopic (exact) mass is 306 g/mol. The Morgan fingerprint density at radius 2 is 1.68 bits per heavy atom. The van der Waals surface area contributed by atoms with Crippen molar-refractivity contribution in [3.8, 4) is 11.5 Å². The lowest BCUT2D eigenvalue weighted by atomic mass is 9.88. The van der Waals surface area contributed by atoms with Gasteiger partial charge in [-0.25, -0.2) is 0 Å². The van der Waals surface area contributed by atoms with E-state index in [1.165, 1.54) is 11.1 Å². The topological polar surface area (TPSA) is 33.7 Å². The Balaban J connectivity index is 2.50. The standard InChI is InChI=1S/C18H30N2O2/c1-6-14(3)18(20-9-7-19-8-10-20)17-15(21-4)11-13(2)12-16(17)22-5/h11-12,14,18-19H,6-10H2,1-5H3/t14?,18-/m0/s1. The van der Waals surface area contributed by atoms with Gasteiger partial charge >= 0.3 is 0 Å². The molecule has 0 aromatic heterocycles. The van der Waals surface area contributed by atoms with E-state index in [-0.39, 0.29) is 0 Å². The highest BCUT2D eigenvalue weighted by Crippen LogP contribution is 2.42. The van der Waals surface area contributed by atoms with Crippen molar-refractivity contribution in [1.82, 2.24) is 10.2 Å². The summed E-state index contributed by atoms with van der Waals surface area (Å²) in [5.74, 6) is 2.44. The van der Waals surface area contributed by atoms with Crippen LogP contribution in [0.2, 0.25) is 0 Å². The molecule has 1 fully saturated rings. The summed E-state index contributed by atoms with van der Waals surface area (Å²) in [4.78, 5) is 2.57. The van der Waals surface area contributed by atoms with Gasteiger partial charge in [-0.3, -0.25) is 4.90 Å². The molecular formula is C18H30N2O2. The number of rotatable bonds is 6. The molecule has 124 valence electrons. The van der Waals surface area contributed by atoms with Crippen molar-refractivity contribution in [2.24, 2.45) is 5.92 Å². The van der Waals surface area contributed by atoms with Crippen LogP contribution >= 0.6 is 0 Å². The first-order valence-corrected chi connectivity index (χ1v) is 8.29. The average molecular weight is 306 g/mol. The van der Waals surface area contributed by atoms with E-state index < -0.39 is 0 Å². The number of nitrogens with one attached hydrogen (secondary N) is 1. The third-order valence-corrected chi connectivity index (χ3v) is 4.71. The zero-order valence-electron chi connectivity index (χ0n) is 14.6. The molecule has 0 radical (unpaired) electrons. The summed E-state index contributed by atoms with van der Waals surface area (Å²) in [6, 6.07) is 4.57. The first kappa shape index (κ1) is 17.1. The van der Waals surface area contributed by atoms with Gasteiger partial charge in [0.2, 0.25) is 0 Å². The molecule has 1 N–H and O–H groups in total. The zero-order valence-corrected chi connectivity index (χ0v) is 14.6. The molecule has 1 unspecified atom stereocenters. The van der Waals surface area contributed by atoms with Gasteiger partial charge in [0.05, 0.1) is 19.8 Å². The summed E-state index contributed by atoms with van der Waals surface area (Å²) in [6.07, 6.45) is 1.13. The highest BCUT2D eigenvalue weighted by atomic mass is 16.5. The van der Waals surface area contributed by atoms with Gasteiger partial charge in [0.1, 0.15) is 11.5 Å². The third-order valence-electron chi connectivity index (χ3n) is 4.71. The van der Waals surface area contributed by atoms with Crippen molar-refractivity contribution in [1.29, 1.82) is 0 Å². The molecule has 0 aliphatic carbocycles. The molecule has 1 aliphatic rings. The van der Waals surface area contributed by atoms with Crippen LogP contribution in [0.1, 0.15) is 37.4 Å². The van der Waals surface area contributed by atoms with Crippen LogP contribution in [0.15, 0.2) is 12.1 Å². The predicted molar refractivity (Wildman–Crippen MR) is 90.9 cm³/mol. The molecule has 2 atom stereocenters. The van der Waals surface area contributed by atoms with Gasteiger partial charge in [-0.2, -0.15) is 0 Å². The van der Waals surface area contributed by atoms with Gasteiger partial charge in [-0.1, -0.05) is 20.3 Å². The molecule has 0 bridgehead atoms. The van der Waals surface area contributed by atoms with E-state index in [0.717, 1.165) is 44.1 Å². The van der Waals surface area contributed by atoms with Crippen LogP contribution in [0.5, 0.6) is 11.5 Å². The lowest BCUT2D eigenvalue weighted by Crippen LogP contribution is -2.46. The molecule has 1 saturated heterocycles. The Hall–Kier alpha value is -1.26. The Morgan fingerprint density at radius 1 is 1.14 bits per heavy atom. The van der Waals surface area contributed by atoms with Crippen molar-refractivity contribution < 1.29 is 9.47 Å². The molecule has 2 rings (SSSR count). The number of nitrogens with zero attached hydrogens (tertiary/aromatic N) is 1. The Morgan fingerprint density at radius 3 is 2.14 bits per heavy atom. The quantitative estimate of drug-likeness (QED) is 0.876. The van der Waals surface area contributed by atoms with Crippen LogP contribution in [0.4, 0.5) is 0 Å². The van der Waals surface area contributed by atoms with E-state index in [4.69, 9.17) is 9.47 Å². The van der Waals surface area contributed by atoms with Gasteiger partial charge < -0.3 is 14.8 Å². The maximum atomic E-state index is 5.71. The highest BCUT2D eigenvalue weighted by molar-refractivity contribution is 5.50. The summed E-state index contributed by atoms with van der Waals surface area (Å²) >= 11 is 0. The molecule has 4 nitrogen and oxygen atoms in total. The fourth-order valence-electron chi connectivity index (χ4n) is 3.37. The lowest BCUT2D eigenvalue weighted by Gasteiger charge is -2.39. The minimum Gasteiger partial charge on any atom is -0.496 e. The Labute approximate surface area is 134 Å². The molecule has 0 spiro atoms. The fraction of sp³-hybridized carbons (Fsp3) is 0.667. The number of ether oxygens (including phenoxy) is 2. The molecule has 0 amide bonds. The molecule has 4 heteroatoms. The van der Waals surface area contributed by atoms with Gasteiger partial charge in [0, 0.05) is 32.2 Å². The summed E-state index contributed by atoms with van der Waals surface area (Å²) in [5.41, 5.74) is 2.37. The second kappa shape index (κ2) is 7.84. The largest absolute Gasteiger partial charge is 0.496 e. The van der Waals surface area contributed by atoms with E-state index in [2.05, 4.69) is 43.1 Å². The van der Waals surface area contributed by atoms with Gasteiger partial charge in [0.25, 0.3) is 0 Å². The van der Waals surface area contributed by atoms with Crippen molar-refractivity contribution in [2.45, 2.75) is 33.2 Å². The van der Waals surface area contributed by atoms with Crippen LogP contribution in [0.3, 0.4) is 0 Å². The number of methoxy groups -OCH3 is 2. The molecule has 1 aliphatic heterocycles. The molecule has 0 saturated carbocycles. The van der Waals surface area contributed by atoms with E-state index >= 15 is 0 Å². The van der Waals surface area contributed by atoms with Crippen LogP contribution in [-0.4, -0.2) is 45.3 Å². The second-order valence-corrected chi connectivity index (χ2v) is 6.20. The number of benzene rings is 1. The molecule has 1 aromatic rings. The van der Waals surface area contributed by atoms with E-state index in [1.807, 2.05) is 0 Å². The SMILES string of the molecule is CCC(C)[C@@H](c1c(OC)cc(C)cc1OC)N1CCNCC1. The maximum absolute atomic E-state index is 5.71. The van der Waals surface area contributed by atoms with Gasteiger partial charge in [0.15, 0.2) is 0 Å². The Bertz CT molecular complexity index is 459. The minimum atomic E-state index is 0.331. The summed E-state index contributed by atoms with van der Waals surface area (Å²) in [5, 5.41) is 3.44. The summed E-state index contributed by atoms with van der Waals surface area (Å²) < 4.78 is 11.4. The first-order valence-electron chi connectivity index (χ1n) is 8.29.